The van der Waals surface area contributed by atoms with Crippen molar-refractivity contribution in [1.29, 1.82) is 0 Å². The highest BCUT2D eigenvalue weighted by atomic mass is 32.1. The first-order chi connectivity index (χ1) is 19.9. The number of hydroxylamine groups is 1. The normalized spacial score (nSPS) is 16.0. The summed E-state index contributed by atoms with van der Waals surface area (Å²) in [6.07, 6.45) is 5.25. The number of hydrogen-bond donors (Lipinski definition) is 2. The Morgan fingerprint density at radius 3 is 2.68 bits per heavy atom. The third-order valence-corrected chi connectivity index (χ3v) is 8.47. The number of hydrogen-bond acceptors (Lipinski definition) is 8. The highest BCUT2D eigenvalue weighted by Crippen LogP contribution is 2.33. The predicted octanol–water partition coefficient (Wildman–Crippen LogP) is 4.23. The number of nitrogens with zero attached hydrogens (tertiary/aromatic N) is 3. The summed E-state index contributed by atoms with van der Waals surface area (Å²) < 4.78 is 7.41. The van der Waals surface area contributed by atoms with Crippen molar-refractivity contribution in [2.45, 2.75) is 32.7 Å². The Kier molecular flexibility index (Phi) is 9.43. The van der Waals surface area contributed by atoms with Gasteiger partial charge in [0.25, 0.3) is 5.91 Å². The minimum absolute atomic E-state index is 0.145. The van der Waals surface area contributed by atoms with Gasteiger partial charge in [0.05, 0.1) is 18.8 Å². The summed E-state index contributed by atoms with van der Waals surface area (Å²) in [5, 5.41) is 7.46. The molecule has 1 aromatic heterocycles. The molecule has 0 bridgehead atoms. The van der Waals surface area contributed by atoms with E-state index in [4.69, 9.17) is 15.3 Å². The molecule has 3 N–H and O–H groups in total. The molecule has 218 valence electrons. The van der Waals surface area contributed by atoms with Crippen molar-refractivity contribution in [2.24, 2.45) is 11.7 Å². The molecule has 9 nitrogen and oxygen atoms in total. The molecular formula is C31H39N5O4S. The molecule has 2 aliphatic rings. The maximum absolute atomic E-state index is 13.3. The Morgan fingerprint density at radius 1 is 1.07 bits per heavy atom. The van der Waals surface area contributed by atoms with E-state index in [0.717, 1.165) is 51.1 Å². The molecule has 0 spiro atoms. The number of carbonyl (C=O) groups excluding carboxylic acids is 2. The average Bonchev–Trinajstić information content (AvgIpc) is 3.48. The molecule has 10 heteroatoms. The highest BCUT2D eigenvalue weighted by Gasteiger charge is 2.32. The van der Waals surface area contributed by atoms with Gasteiger partial charge in [0.15, 0.2) is 0 Å². The fourth-order valence-electron chi connectivity index (χ4n) is 5.29. The van der Waals surface area contributed by atoms with Crippen molar-refractivity contribution in [3.63, 3.8) is 0 Å². The number of ether oxygens (including phenoxy) is 1. The quantitative estimate of drug-likeness (QED) is 0.329. The van der Waals surface area contributed by atoms with E-state index in [1.807, 2.05) is 32.0 Å². The predicted molar refractivity (Wildman–Crippen MR) is 165 cm³/mol. The molecule has 5 rings (SSSR count). The first-order valence-corrected chi connectivity index (χ1v) is 15.2. The van der Waals surface area contributed by atoms with Gasteiger partial charge in [-0.15, -0.1) is 16.4 Å². The van der Waals surface area contributed by atoms with Gasteiger partial charge in [0.2, 0.25) is 5.91 Å². The lowest BCUT2D eigenvalue weighted by Crippen LogP contribution is -2.52. The Balaban J connectivity index is 1.09. The maximum Gasteiger partial charge on any atom is 0.282 e. The van der Waals surface area contributed by atoms with Crippen LogP contribution in [0.3, 0.4) is 0 Å². The van der Waals surface area contributed by atoms with Crippen LogP contribution < -0.4 is 25.8 Å². The Hall–Kier alpha value is -3.60. The Bertz CT molecular complexity index is 1380. The summed E-state index contributed by atoms with van der Waals surface area (Å²) in [6.45, 7) is 9.39. The van der Waals surface area contributed by atoms with E-state index in [1.165, 1.54) is 27.1 Å². The molecule has 0 radical (unpaired) electrons. The lowest BCUT2D eigenvalue weighted by atomic mass is 10.0. The zero-order valence-electron chi connectivity index (χ0n) is 23.8. The van der Waals surface area contributed by atoms with Gasteiger partial charge in [-0.3, -0.25) is 14.5 Å². The molecule has 1 unspecified atom stereocenters. The first kappa shape index (κ1) is 28.9. The third-order valence-electron chi connectivity index (χ3n) is 7.59. The molecule has 41 heavy (non-hydrogen) atoms. The lowest BCUT2D eigenvalue weighted by molar-refractivity contribution is -0.131. The fraction of sp³-hybridized carbons (Fsp3) is 0.419. The summed E-state index contributed by atoms with van der Waals surface area (Å²) in [4.78, 5) is 35.9. The van der Waals surface area contributed by atoms with Crippen LogP contribution in [0.25, 0.3) is 16.2 Å². The number of anilines is 2. The molecule has 0 aliphatic carbocycles. The van der Waals surface area contributed by atoms with Crippen molar-refractivity contribution in [1.82, 2.24) is 10.2 Å². The molecular weight excluding hydrogens is 538 g/mol. The highest BCUT2D eigenvalue weighted by molar-refractivity contribution is 7.17. The maximum atomic E-state index is 13.3. The van der Waals surface area contributed by atoms with Gasteiger partial charge in [-0.1, -0.05) is 19.9 Å². The number of benzene rings is 2. The van der Waals surface area contributed by atoms with Crippen molar-refractivity contribution in [3.05, 3.63) is 59.7 Å². The lowest BCUT2D eigenvalue weighted by Gasteiger charge is -2.36. The van der Waals surface area contributed by atoms with Gasteiger partial charge in [-0.25, -0.2) is 0 Å². The second kappa shape index (κ2) is 13.4. The summed E-state index contributed by atoms with van der Waals surface area (Å²) >= 11 is 1.80. The van der Waals surface area contributed by atoms with Gasteiger partial charge < -0.3 is 25.5 Å². The van der Waals surface area contributed by atoms with Gasteiger partial charge in [0.1, 0.15) is 18.1 Å². The van der Waals surface area contributed by atoms with E-state index < -0.39 is 6.04 Å². The molecule has 1 fully saturated rings. The van der Waals surface area contributed by atoms with Crippen LogP contribution in [0.1, 0.15) is 32.3 Å². The molecule has 2 aliphatic heterocycles. The zero-order chi connectivity index (χ0) is 28.8. The fourth-order valence-corrected chi connectivity index (χ4v) is 6.10. The number of nitrogens with two attached hydrogens (primary N) is 1. The van der Waals surface area contributed by atoms with Crippen molar-refractivity contribution in [2.75, 3.05) is 55.8 Å². The summed E-state index contributed by atoms with van der Waals surface area (Å²) in [7, 11) is 0. The van der Waals surface area contributed by atoms with Crippen LogP contribution in [0.4, 0.5) is 11.4 Å². The number of piperazine rings is 1. The second-order valence-corrected chi connectivity index (χ2v) is 11.7. The molecule has 2 aromatic carbocycles. The average molecular weight is 578 g/mol. The molecule has 0 saturated carbocycles. The molecule has 2 amide bonds. The largest absolute Gasteiger partial charge is 0.494 e. The SMILES string of the molecule is CC(C)C(NC(=O)CN)C(=O)N1OC=Cc2ccc(OCCCCN3CCN(c4cccc5sccc45)CC3)cc21. The number of thiophene rings is 1. The van der Waals surface area contributed by atoms with Crippen LogP contribution in [-0.4, -0.2) is 68.6 Å². The van der Waals surface area contributed by atoms with Crippen LogP contribution in [-0.2, 0) is 14.4 Å². The number of unbranched alkanes of at least 4 members (excludes halogenated alkanes) is 1. The minimum Gasteiger partial charge on any atom is -0.494 e. The summed E-state index contributed by atoms with van der Waals surface area (Å²) in [5.74, 6) is -0.228. The third kappa shape index (κ3) is 6.83. The summed E-state index contributed by atoms with van der Waals surface area (Å²) in [6, 6.07) is 13.7. The molecule has 1 saturated heterocycles. The number of fused-ring (bicyclic) bond motifs is 2. The van der Waals surface area contributed by atoms with Crippen LogP contribution in [0.2, 0.25) is 0 Å². The monoisotopic (exact) mass is 577 g/mol. The van der Waals surface area contributed by atoms with E-state index in [2.05, 4.69) is 44.8 Å². The minimum atomic E-state index is -0.763. The van der Waals surface area contributed by atoms with Crippen molar-refractivity contribution < 1.29 is 19.2 Å². The van der Waals surface area contributed by atoms with Crippen molar-refractivity contribution >= 4 is 50.7 Å². The van der Waals surface area contributed by atoms with Gasteiger partial charge in [0, 0.05) is 53.6 Å². The smallest absolute Gasteiger partial charge is 0.282 e. The van der Waals surface area contributed by atoms with E-state index >= 15 is 0 Å². The van der Waals surface area contributed by atoms with Gasteiger partial charge >= 0.3 is 0 Å². The van der Waals surface area contributed by atoms with Crippen LogP contribution in [0, 0.1) is 5.92 Å². The number of rotatable bonds is 11. The van der Waals surface area contributed by atoms with E-state index in [9.17, 15) is 9.59 Å². The van der Waals surface area contributed by atoms with Crippen molar-refractivity contribution in [3.8, 4) is 5.75 Å². The van der Waals surface area contributed by atoms with Gasteiger partial charge in [-0.2, -0.15) is 0 Å². The molecule has 1 atom stereocenters. The van der Waals surface area contributed by atoms with Gasteiger partial charge in [-0.05, 0) is 67.1 Å². The number of nitrogens with one attached hydrogen (secondary N) is 1. The standard InChI is InChI=1S/C31H39N5O4S/c1-22(2)30(33-29(37)21-32)31(38)36-27-20-24(9-8-23(27)10-18-40-36)39-17-4-3-12-34-13-15-35(16-14-34)26-6-5-7-28-25(26)11-19-41-28/h5-11,18-20,22,30H,3-4,12-17,21,32H2,1-2H3,(H,33,37). The number of amides is 2. The summed E-state index contributed by atoms with van der Waals surface area (Å²) in [5.41, 5.74) is 8.21. The van der Waals surface area contributed by atoms with E-state index in [1.54, 1.807) is 17.4 Å². The van der Waals surface area contributed by atoms with Crippen LogP contribution in [0.15, 0.2) is 54.1 Å². The van der Waals surface area contributed by atoms with E-state index in [-0.39, 0.29) is 24.3 Å². The first-order valence-electron chi connectivity index (χ1n) is 14.3. The Labute approximate surface area is 245 Å². The van der Waals surface area contributed by atoms with E-state index in [0.29, 0.717) is 18.0 Å². The Morgan fingerprint density at radius 2 is 1.90 bits per heavy atom. The topological polar surface area (TPSA) is 100 Å². The molecule has 3 heterocycles. The molecule has 3 aromatic rings. The van der Waals surface area contributed by atoms with Crippen LogP contribution in [0.5, 0.6) is 5.75 Å². The number of carbonyl (C=O) groups is 2. The second-order valence-electron chi connectivity index (χ2n) is 10.7. The zero-order valence-corrected chi connectivity index (χ0v) is 24.6. The van der Waals surface area contributed by atoms with Crippen LogP contribution >= 0.6 is 11.3 Å².